The van der Waals surface area contributed by atoms with Gasteiger partial charge in [-0.1, -0.05) is 17.8 Å². The Balaban J connectivity index is 2.10. The number of hydrogen-bond acceptors (Lipinski definition) is 5. The highest BCUT2D eigenvalue weighted by Crippen LogP contribution is 2.33. The fourth-order valence-electron chi connectivity index (χ4n) is 1.72. The number of carboxylic acids is 1. The average Bonchev–Trinajstić information content (AvgIpc) is 2.87. The Morgan fingerprint density at radius 2 is 2.15 bits per heavy atom. The van der Waals surface area contributed by atoms with Gasteiger partial charge in [0.2, 0.25) is 0 Å². The lowest BCUT2D eigenvalue weighted by Gasteiger charge is -2.06. The first-order valence-corrected chi connectivity index (χ1v) is 6.32. The van der Waals surface area contributed by atoms with E-state index in [1.54, 1.807) is 0 Å². The number of rotatable bonds is 3. The Bertz CT molecular complexity index is 805. The van der Waals surface area contributed by atoms with Crippen LogP contribution in [0.25, 0.3) is 11.2 Å². The summed E-state index contributed by atoms with van der Waals surface area (Å²) in [5.74, 6) is -2.10. The van der Waals surface area contributed by atoms with Gasteiger partial charge in [-0.2, -0.15) is 0 Å². The zero-order valence-electron chi connectivity index (χ0n) is 9.87. The lowest BCUT2D eigenvalue weighted by Crippen LogP contribution is -2.02. The van der Waals surface area contributed by atoms with Crippen molar-refractivity contribution in [1.29, 1.82) is 0 Å². The summed E-state index contributed by atoms with van der Waals surface area (Å²) in [4.78, 5) is 26.3. The smallest absolute Gasteiger partial charge is 0.339 e. The number of nitrogens with zero attached hydrogens (tertiary/aromatic N) is 3. The number of aromatic carboxylic acids is 1. The molecular formula is C12H7FN4O2S. The Hall–Kier alpha value is -2.48. The molecule has 2 N–H and O–H groups in total. The van der Waals surface area contributed by atoms with Gasteiger partial charge in [-0.05, 0) is 12.1 Å². The van der Waals surface area contributed by atoms with Gasteiger partial charge in [-0.3, -0.25) is 0 Å². The molecule has 0 atom stereocenters. The van der Waals surface area contributed by atoms with Gasteiger partial charge in [0.1, 0.15) is 28.3 Å². The number of H-pyrrole nitrogens is 1. The number of benzene rings is 1. The second-order valence-electron chi connectivity index (χ2n) is 3.80. The molecule has 1 aromatic carbocycles. The van der Waals surface area contributed by atoms with E-state index >= 15 is 0 Å². The Kier molecular flexibility index (Phi) is 3.07. The van der Waals surface area contributed by atoms with E-state index in [0.717, 1.165) is 17.8 Å². The average molecular weight is 290 g/mol. The van der Waals surface area contributed by atoms with Crippen LogP contribution >= 0.6 is 11.8 Å². The number of imidazole rings is 1. The van der Waals surface area contributed by atoms with Crippen LogP contribution in [0.2, 0.25) is 0 Å². The normalized spacial score (nSPS) is 10.8. The second kappa shape index (κ2) is 4.89. The summed E-state index contributed by atoms with van der Waals surface area (Å²) < 4.78 is 13.6. The summed E-state index contributed by atoms with van der Waals surface area (Å²) in [7, 11) is 0. The van der Waals surface area contributed by atoms with Crippen molar-refractivity contribution in [1.82, 2.24) is 19.9 Å². The van der Waals surface area contributed by atoms with Gasteiger partial charge in [-0.15, -0.1) is 0 Å². The summed E-state index contributed by atoms with van der Waals surface area (Å²) in [6.45, 7) is 0. The van der Waals surface area contributed by atoms with Gasteiger partial charge in [-0.25, -0.2) is 24.1 Å². The number of halogens is 1. The monoisotopic (exact) mass is 290 g/mol. The summed E-state index contributed by atoms with van der Waals surface area (Å²) >= 11 is 1.05. The standard InChI is InChI=1S/C12H7FN4O2S/c13-6-2-1-3-7(8(6)12(18)19)20-11-9-10(15-4-14-9)16-5-17-11/h1-5H,(H,18,19)(H,14,15,16,17). The van der Waals surface area contributed by atoms with Crippen LogP contribution in [0.3, 0.4) is 0 Å². The maximum Gasteiger partial charge on any atom is 0.339 e. The van der Waals surface area contributed by atoms with E-state index in [9.17, 15) is 9.18 Å². The van der Waals surface area contributed by atoms with E-state index in [2.05, 4.69) is 19.9 Å². The maximum atomic E-state index is 13.6. The molecule has 0 fully saturated rings. The minimum atomic E-state index is -1.32. The van der Waals surface area contributed by atoms with Crippen molar-refractivity contribution in [3.63, 3.8) is 0 Å². The third kappa shape index (κ3) is 2.10. The largest absolute Gasteiger partial charge is 0.478 e. The fourth-order valence-corrected chi connectivity index (χ4v) is 2.72. The Morgan fingerprint density at radius 3 is 2.95 bits per heavy atom. The van der Waals surface area contributed by atoms with Crippen LogP contribution in [-0.2, 0) is 0 Å². The Morgan fingerprint density at radius 1 is 1.30 bits per heavy atom. The molecule has 20 heavy (non-hydrogen) atoms. The molecule has 3 aromatic rings. The summed E-state index contributed by atoms with van der Waals surface area (Å²) in [6, 6.07) is 4.09. The number of nitrogens with one attached hydrogen (secondary N) is 1. The van der Waals surface area contributed by atoms with E-state index in [4.69, 9.17) is 5.11 Å². The number of aromatic amines is 1. The van der Waals surface area contributed by atoms with Gasteiger partial charge in [0, 0.05) is 4.90 Å². The Labute approximate surface area is 116 Å². The molecular weight excluding hydrogens is 283 g/mol. The van der Waals surface area contributed by atoms with E-state index in [1.807, 2.05) is 0 Å². The van der Waals surface area contributed by atoms with Gasteiger partial charge < -0.3 is 10.1 Å². The van der Waals surface area contributed by atoms with Crippen molar-refractivity contribution in [2.45, 2.75) is 9.92 Å². The van der Waals surface area contributed by atoms with Gasteiger partial charge in [0.05, 0.1) is 6.33 Å². The first kappa shape index (κ1) is 12.5. The maximum absolute atomic E-state index is 13.6. The third-order valence-corrected chi connectivity index (χ3v) is 3.65. The van der Waals surface area contributed by atoms with Crippen LogP contribution < -0.4 is 0 Å². The quantitative estimate of drug-likeness (QED) is 0.719. The molecule has 0 amide bonds. The number of carbonyl (C=O) groups is 1. The van der Waals surface area contributed by atoms with Crippen molar-refractivity contribution in [2.75, 3.05) is 0 Å². The summed E-state index contributed by atoms with van der Waals surface area (Å²) in [6.07, 6.45) is 2.79. The van der Waals surface area contributed by atoms with E-state index < -0.39 is 11.8 Å². The molecule has 100 valence electrons. The molecule has 0 bridgehead atoms. The van der Waals surface area contributed by atoms with Crippen molar-refractivity contribution >= 4 is 28.9 Å². The second-order valence-corrected chi connectivity index (χ2v) is 4.83. The molecule has 0 saturated heterocycles. The van der Waals surface area contributed by atoms with Crippen LogP contribution in [0.5, 0.6) is 0 Å². The minimum Gasteiger partial charge on any atom is -0.478 e. The SMILES string of the molecule is O=C(O)c1c(F)cccc1Sc1ncnc2nc[nH]c12. The summed E-state index contributed by atoms with van der Waals surface area (Å²) in [5.41, 5.74) is 0.678. The molecule has 0 radical (unpaired) electrons. The molecule has 8 heteroatoms. The number of fused-ring (bicyclic) bond motifs is 1. The van der Waals surface area contributed by atoms with E-state index in [1.165, 1.54) is 24.8 Å². The predicted molar refractivity (Wildman–Crippen MR) is 69.2 cm³/mol. The zero-order valence-corrected chi connectivity index (χ0v) is 10.7. The van der Waals surface area contributed by atoms with Gasteiger partial charge >= 0.3 is 5.97 Å². The highest BCUT2D eigenvalue weighted by Gasteiger charge is 2.18. The molecule has 0 saturated carbocycles. The van der Waals surface area contributed by atoms with E-state index in [0.29, 0.717) is 16.2 Å². The molecule has 6 nitrogen and oxygen atoms in total. The first-order valence-electron chi connectivity index (χ1n) is 5.50. The van der Waals surface area contributed by atoms with Crippen molar-refractivity contribution in [2.24, 2.45) is 0 Å². The van der Waals surface area contributed by atoms with Crippen LogP contribution in [0, 0.1) is 5.82 Å². The summed E-state index contributed by atoms with van der Waals surface area (Å²) in [5, 5.41) is 9.58. The van der Waals surface area contributed by atoms with Gasteiger partial charge in [0.25, 0.3) is 0 Å². The lowest BCUT2D eigenvalue weighted by molar-refractivity contribution is 0.0688. The lowest BCUT2D eigenvalue weighted by atomic mass is 10.2. The van der Waals surface area contributed by atoms with Crippen LogP contribution in [0.15, 0.2) is 40.8 Å². The molecule has 0 spiro atoms. The first-order chi connectivity index (χ1) is 9.66. The van der Waals surface area contributed by atoms with Crippen molar-refractivity contribution in [3.05, 3.63) is 42.2 Å². The van der Waals surface area contributed by atoms with Crippen LogP contribution in [0.1, 0.15) is 10.4 Å². The minimum absolute atomic E-state index is 0.270. The highest BCUT2D eigenvalue weighted by molar-refractivity contribution is 7.99. The van der Waals surface area contributed by atoms with Gasteiger partial charge in [0.15, 0.2) is 5.65 Å². The number of aromatic nitrogens is 4. The molecule has 0 unspecified atom stereocenters. The van der Waals surface area contributed by atoms with Crippen LogP contribution in [0.4, 0.5) is 4.39 Å². The van der Waals surface area contributed by atoms with Crippen molar-refractivity contribution < 1.29 is 14.3 Å². The zero-order chi connectivity index (χ0) is 14.1. The molecule has 0 aliphatic rings. The highest BCUT2D eigenvalue weighted by atomic mass is 32.2. The molecule has 3 rings (SSSR count). The van der Waals surface area contributed by atoms with Crippen LogP contribution in [-0.4, -0.2) is 31.0 Å². The number of carboxylic acid groups (broad SMARTS) is 1. The number of hydrogen-bond donors (Lipinski definition) is 2. The molecule has 0 aliphatic carbocycles. The molecule has 0 aliphatic heterocycles. The predicted octanol–water partition coefficient (Wildman–Crippen LogP) is 2.34. The molecule has 2 heterocycles. The third-order valence-electron chi connectivity index (χ3n) is 2.58. The fraction of sp³-hybridized carbons (Fsp3) is 0. The van der Waals surface area contributed by atoms with Crippen molar-refractivity contribution in [3.8, 4) is 0 Å². The molecule has 2 aromatic heterocycles. The van der Waals surface area contributed by atoms with E-state index in [-0.39, 0.29) is 10.5 Å². The topological polar surface area (TPSA) is 91.8 Å².